The number of rotatable bonds is 7. The van der Waals surface area contributed by atoms with Gasteiger partial charge in [-0.3, -0.25) is 4.79 Å². The molecule has 0 fully saturated rings. The van der Waals surface area contributed by atoms with Crippen molar-refractivity contribution in [2.24, 2.45) is 0 Å². The minimum Gasteiger partial charge on any atom is -0.317 e. The molecule has 9 heteroatoms. The third kappa shape index (κ3) is 4.79. The van der Waals surface area contributed by atoms with Crippen molar-refractivity contribution in [2.45, 2.75) is 30.7 Å². The van der Waals surface area contributed by atoms with Crippen molar-refractivity contribution in [3.8, 4) is 10.6 Å². The van der Waals surface area contributed by atoms with Crippen LogP contribution in [0.2, 0.25) is 0 Å². The Hall–Kier alpha value is -2.59. The molecule has 1 aliphatic heterocycles. The molecule has 0 spiro atoms. The number of hydrogen-bond acceptors (Lipinski definition) is 7. The number of carbonyl (C=O) groups excluding carboxylic acids is 1. The van der Waals surface area contributed by atoms with E-state index in [0.717, 1.165) is 45.3 Å². The highest BCUT2D eigenvalue weighted by Crippen LogP contribution is 2.45. The number of aromatic nitrogens is 1. The SMILES string of the molecule is CN1CCc2c(sc(NC(=O)CCCS(=O)(=O)c3ccccc3)c2-c2nc3ccccc3s2)C1. The van der Waals surface area contributed by atoms with E-state index >= 15 is 0 Å². The molecule has 6 nitrogen and oxygen atoms in total. The number of thiophene rings is 1. The first-order valence-electron chi connectivity index (χ1n) is 11.2. The van der Waals surface area contributed by atoms with E-state index in [2.05, 4.69) is 23.3 Å². The lowest BCUT2D eigenvalue weighted by Gasteiger charge is -2.22. The minimum atomic E-state index is -3.39. The molecule has 1 N–H and O–H groups in total. The van der Waals surface area contributed by atoms with Crippen molar-refractivity contribution in [1.29, 1.82) is 0 Å². The number of carbonyl (C=O) groups is 1. The lowest BCUT2D eigenvalue weighted by Crippen LogP contribution is -2.25. The van der Waals surface area contributed by atoms with Crippen molar-refractivity contribution in [2.75, 3.05) is 24.7 Å². The number of fused-ring (bicyclic) bond motifs is 2. The maximum absolute atomic E-state index is 12.8. The standard InChI is InChI=1S/C25H25N3O3S3/c1-28-14-13-18-21(16-28)33-25(23(18)24-26-19-10-5-6-11-20(19)32-24)27-22(29)12-7-15-34(30,31)17-8-3-2-4-9-17/h2-6,8-11H,7,12-16H2,1H3,(H,27,29). The summed E-state index contributed by atoms with van der Waals surface area (Å²) in [7, 11) is -1.29. The minimum absolute atomic E-state index is 0.0547. The molecule has 0 saturated carbocycles. The number of nitrogens with zero attached hydrogens (tertiary/aromatic N) is 2. The molecule has 1 amide bonds. The normalized spacial score (nSPS) is 14.3. The van der Waals surface area contributed by atoms with Gasteiger partial charge in [0.15, 0.2) is 9.84 Å². The number of sulfone groups is 1. The molecule has 176 valence electrons. The van der Waals surface area contributed by atoms with Gasteiger partial charge in [-0.2, -0.15) is 0 Å². The van der Waals surface area contributed by atoms with Crippen molar-refractivity contribution < 1.29 is 13.2 Å². The topological polar surface area (TPSA) is 79.4 Å². The van der Waals surface area contributed by atoms with Gasteiger partial charge in [-0.05, 0) is 49.7 Å². The third-order valence-corrected chi connectivity index (χ3v) is 9.93. The van der Waals surface area contributed by atoms with Crippen LogP contribution < -0.4 is 5.32 Å². The molecule has 0 unspecified atom stereocenters. The fourth-order valence-electron chi connectivity index (χ4n) is 4.18. The first-order chi connectivity index (χ1) is 16.4. The average molecular weight is 512 g/mol. The first kappa shape index (κ1) is 23.2. The molecule has 5 rings (SSSR count). The summed E-state index contributed by atoms with van der Waals surface area (Å²) in [6.07, 6.45) is 1.33. The van der Waals surface area contributed by atoms with Crippen molar-refractivity contribution >= 4 is 53.6 Å². The molecule has 2 aromatic carbocycles. The van der Waals surface area contributed by atoms with Crippen LogP contribution in [-0.4, -0.2) is 43.6 Å². The summed E-state index contributed by atoms with van der Waals surface area (Å²) in [5.41, 5.74) is 3.25. The fraction of sp³-hybridized carbons (Fsp3) is 0.280. The van der Waals surface area contributed by atoms with Gasteiger partial charge in [0.25, 0.3) is 0 Å². The molecule has 34 heavy (non-hydrogen) atoms. The molecule has 3 heterocycles. The van der Waals surface area contributed by atoms with Crippen LogP contribution in [0.5, 0.6) is 0 Å². The Kier molecular flexibility index (Phi) is 6.52. The summed E-state index contributed by atoms with van der Waals surface area (Å²) in [5, 5.41) is 4.82. The second-order valence-electron chi connectivity index (χ2n) is 8.47. The largest absolute Gasteiger partial charge is 0.317 e. The van der Waals surface area contributed by atoms with Crippen molar-refractivity contribution in [1.82, 2.24) is 9.88 Å². The lowest BCUT2D eigenvalue weighted by atomic mass is 10.0. The Bertz CT molecular complexity index is 1410. The average Bonchev–Trinajstić information content (AvgIpc) is 3.39. The van der Waals surface area contributed by atoms with E-state index in [1.165, 1.54) is 10.4 Å². The van der Waals surface area contributed by atoms with E-state index in [9.17, 15) is 13.2 Å². The smallest absolute Gasteiger partial charge is 0.225 e. The zero-order valence-corrected chi connectivity index (χ0v) is 21.2. The van der Waals surface area contributed by atoms with Gasteiger partial charge >= 0.3 is 0 Å². The molecule has 0 saturated heterocycles. The number of benzene rings is 2. The monoisotopic (exact) mass is 511 g/mol. The number of thiazole rings is 1. The highest BCUT2D eigenvalue weighted by atomic mass is 32.2. The Morgan fingerprint density at radius 2 is 1.85 bits per heavy atom. The van der Waals surface area contributed by atoms with E-state index in [0.29, 0.717) is 4.90 Å². The quantitative estimate of drug-likeness (QED) is 0.369. The fourth-order valence-corrected chi connectivity index (χ4v) is 7.97. The number of anilines is 1. The Morgan fingerprint density at radius 1 is 1.09 bits per heavy atom. The van der Waals surface area contributed by atoms with Gasteiger partial charge < -0.3 is 10.2 Å². The molecular weight excluding hydrogens is 486 g/mol. The van der Waals surface area contributed by atoms with Crippen LogP contribution in [0, 0.1) is 0 Å². The molecule has 0 bridgehead atoms. The predicted molar refractivity (Wildman–Crippen MR) is 139 cm³/mol. The van der Waals surface area contributed by atoms with Crippen molar-refractivity contribution in [3.63, 3.8) is 0 Å². The lowest BCUT2D eigenvalue weighted by molar-refractivity contribution is -0.116. The zero-order valence-electron chi connectivity index (χ0n) is 18.8. The van der Waals surface area contributed by atoms with Gasteiger partial charge in [-0.25, -0.2) is 13.4 Å². The number of nitrogens with one attached hydrogen (secondary N) is 1. The molecule has 1 aliphatic rings. The first-order valence-corrected chi connectivity index (χ1v) is 14.5. The van der Waals surface area contributed by atoms with Crippen LogP contribution in [0.1, 0.15) is 23.3 Å². The summed E-state index contributed by atoms with van der Waals surface area (Å²) in [5.74, 6) is -0.224. The Balaban J connectivity index is 1.35. The van der Waals surface area contributed by atoms with E-state index in [1.807, 2.05) is 18.2 Å². The molecule has 0 radical (unpaired) electrons. The number of hydrogen-bond donors (Lipinski definition) is 1. The van der Waals surface area contributed by atoms with Gasteiger partial charge in [0.1, 0.15) is 10.0 Å². The zero-order chi connectivity index (χ0) is 23.7. The van der Waals surface area contributed by atoms with Crippen LogP contribution in [0.25, 0.3) is 20.8 Å². The summed E-state index contributed by atoms with van der Waals surface area (Å²) < 4.78 is 26.2. The van der Waals surface area contributed by atoms with Crippen LogP contribution in [0.15, 0.2) is 59.5 Å². The van der Waals surface area contributed by atoms with E-state index in [1.54, 1.807) is 53.0 Å². The molecule has 0 aliphatic carbocycles. The second kappa shape index (κ2) is 9.58. The predicted octanol–water partition coefficient (Wildman–Crippen LogP) is 5.21. The van der Waals surface area contributed by atoms with E-state index in [4.69, 9.17) is 4.98 Å². The van der Waals surface area contributed by atoms with Gasteiger partial charge in [-0.1, -0.05) is 30.3 Å². The van der Waals surface area contributed by atoms with Gasteiger partial charge in [-0.15, -0.1) is 22.7 Å². The number of para-hydroxylation sites is 1. The van der Waals surface area contributed by atoms with Crippen LogP contribution >= 0.6 is 22.7 Å². The maximum atomic E-state index is 12.8. The van der Waals surface area contributed by atoms with Crippen LogP contribution in [0.3, 0.4) is 0 Å². The Labute approximate surface area is 207 Å². The van der Waals surface area contributed by atoms with Gasteiger partial charge in [0.05, 0.1) is 20.9 Å². The van der Waals surface area contributed by atoms with Crippen molar-refractivity contribution in [3.05, 3.63) is 65.0 Å². The van der Waals surface area contributed by atoms with Crippen LogP contribution in [-0.2, 0) is 27.6 Å². The summed E-state index contributed by atoms with van der Waals surface area (Å²) >= 11 is 3.25. The summed E-state index contributed by atoms with van der Waals surface area (Å²) in [4.78, 5) is 21.5. The summed E-state index contributed by atoms with van der Waals surface area (Å²) in [6, 6.07) is 16.4. The van der Waals surface area contributed by atoms with E-state index in [-0.39, 0.29) is 24.5 Å². The van der Waals surface area contributed by atoms with E-state index < -0.39 is 9.84 Å². The molecule has 4 aromatic rings. The molecular formula is C25H25N3O3S3. The van der Waals surface area contributed by atoms with Gasteiger partial charge in [0, 0.05) is 30.0 Å². The summed E-state index contributed by atoms with van der Waals surface area (Å²) in [6.45, 7) is 1.81. The van der Waals surface area contributed by atoms with Gasteiger partial charge in [0.2, 0.25) is 5.91 Å². The maximum Gasteiger partial charge on any atom is 0.225 e. The highest BCUT2D eigenvalue weighted by Gasteiger charge is 2.26. The molecule has 0 atom stereocenters. The molecule has 2 aromatic heterocycles. The second-order valence-corrected chi connectivity index (χ2v) is 12.7. The highest BCUT2D eigenvalue weighted by molar-refractivity contribution is 7.91. The number of likely N-dealkylation sites (N-methyl/N-ethyl adjacent to an activating group) is 1. The Morgan fingerprint density at radius 3 is 2.65 bits per heavy atom. The number of amides is 1. The third-order valence-electron chi connectivity index (χ3n) is 5.93. The van der Waals surface area contributed by atoms with Crippen LogP contribution in [0.4, 0.5) is 5.00 Å².